The fraction of sp³-hybridized carbons (Fsp3) is 0.348. The molecule has 3 rings (SSSR count). The van der Waals surface area contributed by atoms with Crippen LogP contribution in [-0.4, -0.2) is 27.7 Å². The van der Waals surface area contributed by atoms with Crippen LogP contribution < -0.4 is 9.61 Å². The van der Waals surface area contributed by atoms with Gasteiger partial charge in [-0.3, -0.25) is 19.6 Å². The summed E-state index contributed by atoms with van der Waals surface area (Å²) in [4.78, 5) is 30.0. The number of aromatic amines is 1. The Hall–Kier alpha value is -3.13. The molecule has 2 heterocycles. The zero-order chi connectivity index (χ0) is 22.2. The standard InChI is InChI=1S/C23H26N2O5S/c1-3-4-21(26)30-15(2)17-7-8-18(24-14-17)11-12-29-19-9-5-16(6-10-19)13-20-22(27)25-23(28)31-20/h5-10,14-15,27H,3-4,11-13H2,1-2H3,(H,25,28). The van der Waals surface area contributed by atoms with Crippen LogP contribution in [0.3, 0.4) is 0 Å². The molecule has 0 saturated carbocycles. The molecule has 7 nitrogen and oxygen atoms in total. The van der Waals surface area contributed by atoms with Gasteiger partial charge in [0.1, 0.15) is 11.9 Å². The summed E-state index contributed by atoms with van der Waals surface area (Å²) in [6.07, 6.45) is 3.74. The van der Waals surface area contributed by atoms with Gasteiger partial charge in [0.25, 0.3) is 0 Å². The predicted octanol–water partition coefficient (Wildman–Crippen LogP) is 4.15. The van der Waals surface area contributed by atoms with Crippen molar-refractivity contribution >= 4 is 17.3 Å². The molecule has 1 aromatic carbocycles. The minimum atomic E-state index is -0.315. The first-order chi connectivity index (χ1) is 14.9. The lowest BCUT2D eigenvalue weighted by Crippen LogP contribution is -2.09. The van der Waals surface area contributed by atoms with E-state index in [0.29, 0.717) is 30.7 Å². The van der Waals surface area contributed by atoms with E-state index in [1.165, 1.54) is 0 Å². The average Bonchev–Trinajstić information content (AvgIpc) is 3.06. The smallest absolute Gasteiger partial charge is 0.307 e. The number of esters is 1. The lowest BCUT2D eigenvalue weighted by atomic mass is 10.1. The van der Waals surface area contributed by atoms with E-state index in [9.17, 15) is 14.7 Å². The Balaban J connectivity index is 1.46. The molecule has 2 aromatic heterocycles. The Kier molecular flexibility index (Phi) is 7.83. The molecule has 8 heteroatoms. The topological polar surface area (TPSA) is 102 Å². The first-order valence-electron chi connectivity index (χ1n) is 10.2. The van der Waals surface area contributed by atoms with Gasteiger partial charge in [0.15, 0.2) is 0 Å². The summed E-state index contributed by atoms with van der Waals surface area (Å²) in [5, 5.41) is 9.68. The molecule has 0 bridgehead atoms. The molecule has 2 N–H and O–H groups in total. The zero-order valence-electron chi connectivity index (χ0n) is 17.6. The molecule has 0 saturated heterocycles. The lowest BCUT2D eigenvalue weighted by molar-refractivity contribution is -0.148. The van der Waals surface area contributed by atoms with Crippen molar-refractivity contribution in [2.45, 2.75) is 45.6 Å². The van der Waals surface area contributed by atoms with Crippen LogP contribution >= 0.6 is 11.3 Å². The van der Waals surface area contributed by atoms with Crippen molar-refractivity contribution in [3.8, 4) is 11.6 Å². The largest absolute Gasteiger partial charge is 0.494 e. The number of aromatic hydroxyl groups is 1. The molecule has 1 atom stereocenters. The van der Waals surface area contributed by atoms with Crippen LogP contribution in [0, 0.1) is 0 Å². The van der Waals surface area contributed by atoms with Crippen LogP contribution in [0.2, 0.25) is 0 Å². The van der Waals surface area contributed by atoms with E-state index in [1.54, 1.807) is 6.20 Å². The number of H-pyrrole nitrogens is 1. The van der Waals surface area contributed by atoms with Crippen LogP contribution in [0.1, 0.15) is 54.5 Å². The van der Waals surface area contributed by atoms with Gasteiger partial charge in [-0.15, -0.1) is 0 Å². The lowest BCUT2D eigenvalue weighted by Gasteiger charge is -2.13. The van der Waals surface area contributed by atoms with E-state index in [0.717, 1.165) is 40.3 Å². The van der Waals surface area contributed by atoms with Crippen molar-refractivity contribution in [2.24, 2.45) is 0 Å². The molecule has 164 valence electrons. The van der Waals surface area contributed by atoms with E-state index in [-0.39, 0.29) is 22.8 Å². The summed E-state index contributed by atoms with van der Waals surface area (Å²) in [6, 6.07) is 11.4. The Labute approximate surface area is 184 Å². The molecule has 0 fully saturated rings. The fourth-order valence-electron chi connectivity index (χ4n) is 2.99. The van der Waals surface area contributed by atoms with Gasteiger partial charge in [0.2, 0.25) is 5.88 Å². The molecule has 0 radical (unpaired) electrons. The van der Waals surface area contributed by atoms with Crippen LogP contribution in [0.25, 0.3) is 0 Å². The number of hydrogen-bond donors (Lipinski definition) is 2. The summed E-state index contributed by atoms with van der Waals surface area (Å²) in [6.45, 7) is 4.26. The number of thiazole rings is 1. The number of rotatable bonds is 10. The minimum absolute atomic E-state index is 0.0673. The number of nitrogens with one attached hydrogen (secondary N) is 1. The molecule has 31 heavy (non-hydrogen) atoms. The fourth-order valence-corrected chi connectivity index (χ4v) is 3.74. The van der Waals surface area contributed by atoms with E-state index in [4.69, 9.17) is 9.47 Å². The van der Waals surface area contributed by atoms with Crippen molar-refractivity contribution in [3.63, 3.8) is 0 Å². The molecular formula is C23H26N2O5S. The van der Waals surface area contributed by atoms with E-state index < -0.39 is 0 Å². The maximum absolute atomic E-state index is 11.6. The number of pyridine rings is 1. The second kappa shape index (κ2) is 10.8. The summed E-state index contributed by atoms with van der Waals surface area (Å²) in [5.74, 6) is 0.477. The number of ether oxygens (including phenoxy) is 2. The highest BCUT2D eigenvalue weighted by atomic mass is 32.1. The van der Waals surface area contributed by atoms with Gasteiger partial charge in [-0.1, -0.05) is 36.5 Å². The number of carbonyl (C=O) groups is 1. The van der Waals surface area contributed by atoms with Gasteiger partial charge >= 0.3 is 10.8 Å². The minimum Gasteiger partial charge on any atom is -0.494 e. The van der Waals surface area contributed by atoms with E-state index in [2.05, 4.69) is 9.97 Å². The third-order valence-electron chi connectivity index (χ3n) is 4.69. The molecule has 3 aromatic rings. The summed E-state index contributed by atoms with van der Waals surface area (Å²) in [5.41, 5.74) is 2.73. The van der Waals surface area contributed by atoms with Gasteiger partial charge in [-0.25, -0.2) is 0 Å². The molecular weight excluding hydrogens is 416 g/mol. The zero-order valence-corrected chi connectivity index (χ0v) is 18.4. The van der Waals surface area contributed by atoms with Crippen LogP contribution in [-0.2, 0) is 22.4 Å². The summed E-state index contributed by atoms with van der Waals surface area (Å²) < 4.78 is 11.2. The number of hydrogen-bond acceptors (Lipinski definition) is 7. The van der Waals surface area contributed by atoms with Gasteiger partial charge in [0, 0.05) is 36.7 Å². The Morgan fingerprint density at radius 1 is 1.23 bits per heavy atom. The maximum Gasteiger partial charge on any atom is 0.307 e. The Bertz CT molecular complexity index is 1040. The average molecular weight is 443 g/mol. The normalized spacial score (nSPS) is 11.8. The molecule has 0 spiro atoms. The quantitative estimate of drug-likeness (QED) is 0.457. The summed E-state index contributed by atoms with van der Waals surface area (Å²) >= 11 is 1.01. The van der Waals surface area contributed by atoms with Crippen LogP contribution in [0.5, 0.6) is 11.6 Å². The predicted molar refractivity (Wildman–Crippen MR) is 119 cm³/mol. The van der Waals surface area contributed by atoms with Crippen molar-refractivity contribution in [3.05, 3.63) is 74.0 Å². The maximum atomic E-state index is 11.6. The van der Waals surface area contributed by atoms with Crippen LogP contribution in [0.4, 0.5) is 0 Å². The second-order valence-electron chi connectivity index (χ2n) is 7.17. The molecule has 0 aliphatic heterocycles. The van der Waals surface area contributed by atoms with Gasteiger partial charge < -0.3 is 14.6 Å². The molecule has 0 aliphatic carbocycles. The second-order valence-corrected chi connectivity index (χ2v) is 8.24. The highest BCUT2D eigenvalue weighted by Crippen LogP contribution is 2.22. The third kappa shape index (κ3) is 6.68. The number of carbonyl (C=O) groups excluding carboxylic acids is 1. The molecule has 0 aliphatic rings. The van der Waals surface area contributed by atoms with E-state index in [1.807, 2.05) is 50.2 Å². The first kappa shape index (κ1) is 22.6. The number of aromatic nitrogens is 2. The van der Waals surface area contributed by atoms with Crippen molar-refractivity contribution in [1.82, 2.24) is 9.97 Å². The SMILES string of the molecule is CCCC(=O)OC(C)c1ccc(CCOc2ccc(Cc3sc(=O)[nH]c3O)cc2)nc1. The highest BCUT2D eigenvalue weighted by Gasteiger charge is 2.11. The van der Waals surface area contributed by atoms with Gasteiger partial charge in [0.05, 0.1) is 11.5 Å². The molecule has 1 unspecified atom stereocenters. The van der Waals surface area contributed by atoms with Crippen molar-refractivity contribution in [1.29, 1.82) is 0 Å². The monoisotopic (exact) mass is 442 g/mol. The van der Waals surface area contributed by atoms with Gasteiger partial charge in [-0.05, 0) is 37.1 Å². The number of benzene rings is 1. The Morgan fingerprint density at radius 2 is 2.00 bits per heavy atom. The van der Waals surface area contributed by atoms with Gasteiger partial charge in [-0.2, -0.15) is 0 Å². The van der Waals surface area contributed by atoms with Crippen molar-refractivity contribution in [2.75, 3.05) is 6.61 Å². The Morgan fingerprint density at radius 3 is 2.61 bits per heavy atom. The van der Waals surface area contributed by atoms with Crippen LogP contribution in [0.15, 0.2) is 47.4 Å². The summed E-state index contributed by atoms with van der Waals surface area (Å²) in [7, 11) is 0. The van der Waals surface area contributed by atoms with Crippen molar-refractivity contribution < 1.29 is 19.4 Å². The molecule has 0 amide bonds. The highest BCUT2D eigenvalue weighted by molar-refractivity contribution is 7.09. The first-order valence-corrected chi connectivity index (χ1v) is 11.0. The number of nitrogens with zero attached hydrogens (tertiary/aromatic N) is 1. The van der Waals surface area contributed by atoms with E-state index >= 15 is 0 Å². The third-order valence-corrected chi connectivity index (χ3v) is 5.57.